The molecule has 0 aromatic heterocycles. The first-order valence-electron chi connectivity index (χ1n) is 12.7. The van der Waals surface area contributed by atoms with Gasteiger partial charge in [0.15, 0.2) is 0 Å². The fourth-order valence-corrected chi connectivity index (χ4v) is 8.50. The zero-order valence-electron chi connectivity index (χ0n) is 20.1. The Kier molecular flexibility index (Phi) is 6.02. The van der Waals surface area contributed by atoms with Crippen molar-refractivity contribution < 1.29 is 21.3 Å². The van der Waals surface area contributed by atoms with Crippen LogP contribution >= 0.6 is 0 Å². The molecule has 0 bridgehead atoms. The van der Waals surface area contributed by atoms with Gasteiger partial charge in [0.2, 0.25) is 0 Å². The zero-order valence-corrected chi connectivity index (χ0v) is 21.0. The van der Waals surface area contributed by atoms with Crippen LogP contribution in [0.3, 0.4) is 0 Å². The van der Waals surface area contributed by atoms with E-state index in [1.54, 1.807) is 6.08 Å². The van der Waals surface area contributed by atoms with Crippen molar-refractivity contribution in [3.63, 3.8) is 0 Å². The highest BCUT2D eigenvalue weighted by molar-refractivity contribution is 7.81. The molecule has 2 fully saturated rings. The minimum absolute atomic E-state index is 0.0490. The molecule has 5 rings (SSSR count). The topological polar surface area (TPSA) is 60.4 Å². The van der Waals surface area contributed by atoms with Crippen molar-refractivity contribution in [2.75, 3.05) is 0 Å². The first-order chi connectivity index (χ1) is 16.1. The van der Waals surface area contributed by atoms with Gasteiger partial charge in [-0.15, -0.1) is 0 Å². The molecule has 0 saturated heterocycles. The van der Waals surface area contributed by atoms with Crippen LogP contribution in [0.15, 0.2) is 53.8 Å². The molecule has 1 aromatic rings. The highest BCUT2D eigenvalue weighted by atomic mass is 32.3. The molecule has 0 unspecified atom stereocenters. The molecule has 184 valence electrons. The van der Waals surface area contributed by atoms with E-state index in [2.05, 4.69) is 36.2 Å². The number of ketones is 1. The fourth-order valence-electron chi connectivity index (χ4n) is 8.11. The summed E-state index contributed by atoms with van der Waals surface area (Å²) in [5.74, 6) is 2.38. The Balaban J connectivity index is 1.32. The molecule has 6 heteroatoms. The van der Waals surface area contributed by atoms with E-state index in [0.29, 0.717) is 36.4 Å². The van der Waals surface area contributed by atoms with E-state index in [4.69, 9.17) is 0 Å². The number of aryl methyl sites for hydroxylation is 1. The number of fused-ring (bicyclic) bond motifs is 5. The summed E-state index contributed by atoms with van der Waals surface area (Å²) in [6, 6.07) is 10.3. The van der Waals surface area contributed by atoms with Gasteiger partial charge in [-0.05, 0) is 90.7 Å². The number of halogens is 1. The van der Waals surface area contributed by atoms with Crippen LogP contribution in [0.2, 0.25) is 0 Å². The summed E-state index contributed by atoms with van der Waals surface area (Å²) in [5.41, 5.74) is 2.34. The van der Waals surface area contributed by atoms with Crippen molar-refractivity contribution in [2.45, 2.75) is 71.6 Å². The number of hydrogen-bond donors (Lipinski definition) is 0. The first-order valence-corrected chi connectivity index (χ1v) is 14.0. The number of rotatable bonds is 6. The summed E-state index contributed by atoms with van der Waals surface area (Å²) in [6.45, 7) is 4.65. The lowest BCUT2D eigenvalue weighted by molar-refractivity contribution is -0.129. The number of carbonyl (C=O) groups excluding carboxylic acids is 1. The van der Waals surface area contributed by atoms with Crippen LogP contribution in [0.25, 0.3) is 0 Å². The molecular formula is C28H35FO4S. The van der Waals surface area contributed by atoms with Crippen molar-refractivity contribution in [2.24, 2.45) is 34.5 Å². The predicted molar refractivity (Wildman–Crippen MR) is 130 cm³/mol. The third-order valence-corrected chi connectivity index (χ3v) is 10.2. The average Bonchev–Trinajstić information content (AvgIpc) is 3.15. The smallest absolute Gasteiger partial charge is 0.363 e. The van der Waals surface area contributed by atoms with Crippen molar-refractivity contribution in [3.05, 3.63) is 59.4 Å². The van der Waals surface area contributed by atoms with Crippen molar-refractivity contribution >= 4 is 16.3 Å². The van der Waals surface area contributed by atoms with Crippen molar-refractivity contribution in [1.82, 2.24) is 0 Å². The van der Waals surface area contributed by atoms with Gasteiger partial charge in [0, 0.05) is 18.8 Å². The van der Waals surface area contributed by atoms with E-state index in [9.17, 15) is 17.1 Å². The molecule has 4 aliphatic rings. The summed E-state index contributed by atoms with van der Waals surface area (Å²) >= 11 is 0. The van der Waals surface area contributed by atoms with Gasteiger partial charge in [-0.3, -0.25) is 4.79 Å². The minimum atomic E-state index is -4.99. The van der Waals surface area contributed by atoms with Gasteiger partial charge in [-0.25, -0.2) is 0 Å². The molecule has 0 aliphatic heterocycles. The van der Waals surface area contributed by atoms with Crippen LogP contribution in [0, 0.1) is 34.5 Å². The third-order valence-electron chi connectivity index (χ3n) is 9.83. The number of carbonyl (C=O) groups is 1. The van der Waals surface area contributed by atoms with Gasteiger partial charge < -0.3 is 4.18 Å². The Hall–Kier alpha value is -1.95. The maximum absolute atomic E-state index is 13.4. The lowest BCUT2D eigenvalue weighted by Gasteiger charge is -2.56. The molecule has 6 atom stereocenters. The van der Waals surface area contributed by atoms with Gasteiger partial charge in [-0.2, -0.15) is 8.42 Å². The monoisotopic (exact) mass is 486 g/mol. The molecule has 0 amide bonds. The average molecular weight is 487 g/mol. The normalized spacial score (nSPS) is 37.0. The summed E-state index contributed by atoms with van der Waals surface area (Å²) in [7, 11) is -4.99. The first kappa shape index (κ1) is 23.8. The molecule has 0 heterocycles. The second-order valence-electron chi connectivity index (χ2n) is 11.4. The van der Waals surface area contributed by atoms with Crippen LogP contribution < -0.4 is 0 Å². The third kappa shape index (κ3) is 4.16. The Morgan fingerprint density at radius 3 is 2.59 bits per heavy atom. The molecule has 0 spiro atoms. The van der Waals surface area contributed by atoms with Gasteiger partial charge in [0.05, 0.1) is 0 Å². The highest BCUT2D eigenvalue weighted by Crippen LogP contribution is 2.66. The molecule has 0 radical (unpaired) electrons. The Morgan fingerprint density at radius 2 is 1.85 bits per heavy atom. The quantitative estimate of drug-likeness (QED) is 0.431. The summed E-state index contributed by atoms with van der Waals surface area (Å²) < 4.78 is 39.6. The molecule has 4 aliphatic carbocycles. The zero-order chi connectivity index (χ0) is 24.1. The summed E-state index contributed by atoms with van der Waals surface area (Å²) in [5, 5.41) is 0. The van der Waals surface area contributed by atoms with E-state index in [0.717, 1.165) is 50.5 Å². The van der Waals surface area contributed by atoms with Crippen molar-refractivity contribution in [1.29, 1.82) is 0 Å². The SMILES string of the molecule is C[C@]12CC[C@H]3[C@@H](CC=C4C=C(OS(=O)(=O)F)CC[C@@]43C)[C@@H]1CC[C@@H]2C(=O)CCc1ccccc1. The summed E-state index contributed by atoms with van der Waals surface area (Å²) in [4.78, 5) is 13.4. The number of benzene rings is 1. The second-order valence-corrected chi connectivity index (χ2v) is 12.4. The second kappa shape index (κ2) is 8.61. The number of hydrogen-bond acceptors (Lipinski definition) is 4. The molecule has 2 saturated carbocycles. The largest absolute Gasteiger partial charge is 0.488 e. The van der Waals surface area contributed by atoms with Gasteiger partial charge in [0.25, 0.3) is 0 Å². The Labute approximate surface area is 203 Å². The lowest BCUT2D eigenvalue weighted by Crippen LogP contribution is -2.50. The Morgan fingerprint density at radius 1 is 1.09 bits per heavy atom. The maximum Gasteiger partial charge on any atom is 0.488 e. The van der Waals surface area contributed by atoms with E-state index >= 15 is 0 Å². The van der Waals surface area contributed by atoms with E-state index in [1.807, 2.05) is 18.2 Å². The molecule has 0 N–H and O–H groups in total. The van der Waals surface area contributed by atoms with E-state index in [-0.39, 0.29) is 22.5 Å². The molecule has 34 heavy (non-hydrogen) atoms. The van der Waals surface area contributed by atoms with Crippen LogP contribution in [-0.2, 0) is 25.9 Å². The predicted octanol–water partition coefficient (Wildman–Crippen LogP) is 6.49. The van der Waals surface area contributed by atoms with Crippen molar-refractivity contribution in [3.8, 4) is 0 Å². The van der Waals surface area contributed by atoms with Crippen LogP contribution in [0.5, 0.6) is 0 Å². The standard InChI is InChI=1S/C28H35FO4S/c1-27-16-14-21(33-34(29,31)32)18-20(27)9-10-22-23-11-12-25(28(23,2)17-15-24(22)27)26(30)13-8-19-6-4-3-5-7-19/h3-7,9,18,22-25H,8,10-17H2,1-2H3/t22-,23-,24-,25+,27-,28-/m0/s1. The van der Waals surface area contributed by atoms with Gasteiger partial charge >= 0.3 is 10.5 Å². The number of allylic oxidation sites excluding steroid dienone is 4. The number of Topliss-reactive ketones (excluding diaryl/α,β-unsaturated/α-hetero) is 1. The van der Waals surface area contributed by atoms with E-state index in [1.165, 1.54) is 5.56 Å². The van der Waals surface area contributed by atoms with Crippen LogP contribution in [0.1, 0.15) is 70.8 Å². The van der Waals surface area contributed by atoms with E-state index < -0.39 is 10.5 Å². The highest BCUT2D eigenvalue weighted by Gasteiger charge is 2.59. The lowest BCUT2D eigenvalue weighted by atomic mass is 9.48. The van der Waals surface area contributed by atoms with Gasteiger partial charge in [0.1, 0.15) is 11.5 Å². The minimum Gasteiger partial charge on any atom is -0.363 e. The maximum atomic E-state index is 13.4. The van der Waals surface area contributed by atoms with Crippen LogP contribution in [-0.4, -0.2) is 14.2 Å². The molecule has 4 nitrogen and oxygen atoms in total. The molecular weight excluding hydrogens is 451 g/mol. The van der Waals surface area contributed by atoms with Gasteiger partial charge in [-0.1, -0.05) is 54.1 Å². The Bertz CT molecular complexity index is 1120. The fraction of sp³-hybridized carbons (Fsp3) is 0.607. The summed E-state index contributed by atoms with van der Waals surface area (Å²) in [6.07, 6.45) is 11.8. The molecule has 1 aromatic carbocycles. The van der Waals surface area contributed by atoms with Crippen LogP contribution in [0.4, 0.5) is 3.89 Å².